The Bertz CT molecular complexity index is 1620. The van der Waals surface area contributed by atoms with Gasteiger partial charge in [0.25, 0.3) is 0 Å². The van der Waals surface area contributed by atoms with Crippen LogP contribution in [-0.4, -0.2) is 18.2 Å². The number of hydrogen-bond acceptors (Lipinski definition) is 4. The molecular formula is C34H29FN2O3. The highest BCUT2D eigenvalue weighted by atomic mass is 19.1. The fourth-order valence-electron chi connectivity index (χ4n) is 5.27. The maximum absolute atomic E-state index is 14.2. The molecule has 0 aliphatic carbocycles. The number of halogens is 1. The molecular weight excluding hydrogens is 503 g/mol. The van der Waals surface area contributed by atoms with Crippen molar-refractivity contribution in [1.82, 2.24) is 0 Å². The Kier molecular flexibility index (Phi) is 7.43. The van der Waals surface area contributed by atoms with Gasteiger partial charge in [-0.15, -0.1) is 0 Å². The maximum atomic E-state index is 14.2. The Morgan fingerprint density at radius 2 is 1.50 bits per heavy atom. The first kappa shape index (κ1) is 26.8. The van der Waals surface area contributed by atoms with Gasteiger partial charge in [0.15, 0.2) is 5.54 Å². The van der Waals surface area contributed by atoms with E-state index in [2.05, 4.69) is 0 Å². The monoisotopic (exact) mass is 532 g/mol. The zero-order valence-electron chi connectivity index (χ0n) is 22.6. The highest BCUT2D eigenvalue weighted by Crippen LogP contribution is 2.57. The minimum atomic E-state index is -1.35. The molecule has 0 radical (unpaired) electrons. The van der Waals surface area contributed by atoms with Gasteiger partial charge < -0.3 is 9.84 Å². The molecule has 4 aromatic carbocycles. The second-order valence-electron chi connectivity index (χ2n) is 9.61. The van der Waals surface area contributed by atoms with Crippen molar-refractivity contribution in [1.29, 1.82) is 0 Å². The topological polar surface area (TPSA) is 71.2 Å². The Morgan fingerprint density at radius 3 is 2.08 bits per heavy atom. The summed E-state index contributed by atoms with van der Waals surface area (Å²) in [5.41, 5.74) is 4.67. The molecule has 1 unspecified atom stereocenters. The number of rotatable bonds is 8. The lowest BCUT2D eigenvalue weighted by atomic mass is 9.69. The molecule has 6 heteroatoms. The van der Waals surface area contributed by atoms with Crippen molar-refractivity contribution in [3.8, 4) is 5.75 Å². The molecule has 1 heterocycles. The normalized spacial score (nSPS) is 17.1. The van der Waals surface area contributed by atoms with Crippen LogP contribution in [0.5, 0.6) is 5.75 Å². The van der Waals surface area contributed by atoms with Crippen LogP contribution in [0.15, 0.2) is 119 Å². The number of azo groups is 1. The van der Waals surface area contributed by atoms with Crippen molar-refractivity contribution in [2.75, 3.05) is 7.11 Å². The molecule has 0 spiro atoms. The molecule has 5 nitrogen and oxygen atoms in total. The molecule has 1 atom stereocenters. The van der Waals surface area contributed by atoms with Crippen LogP contribution in [0.4, 0.5) is 4.39 Å². The lowest BCUT2D eigenvalue weighted by molar-refractivity contribution is -0.132. The molecule has 1 aliphatic heterocycles. The van der Waals surface area contributed by atoms with Crippen LogP contribution in [-0.2, 0) is 10.3 Å². The fourth-order valence-corrected chi connectivity index (χ4v) is 5.27. The lowest BCUT2D eigenvalue weighted by Gasteiger charge is -2.34. The highest BCUT2D eigenvalue weighted by Gasteiger charge is 2.49. The minimum Gasteiger partial charge on any atom is -0.497 e. The Morgan fingerprint density at radius 1 is 0.875 bits per heavy atom. The molecule has 40 heavy (non-hydrogen) atoms. The molecule has 0 aromatic heterocycles. The number of nitrogens with zero attached hydrogens (tertiary/aromatic N) is 2. The largest absolute Gasteiger partial charge is 0.497 e. The SMILES string of the molecule is CCC(C(=O)O)=C(c1ccccc1)C1(c2ccc(OC)cc2)N=NC(c2ccc(C)cc2)=C1c1ccc(F)cc1. The smallest absolute Gasteiger partial charge is 0.331 e. The number of aryl methyl sites for hydroxylation is 1. The van der Waals surface area contributed by atoms with Gasteiger partial charge in [0.1, 0.15) is 11.6 Å². The van der Waals surface area contributed by atoms with Crippen LogP contribution in [0.3, 0.4) is 0 Å². The number of ether oxygens (including phenoxy) is 1. The Balaban J connectivity index is 1.97. The summed E-state index contributed by atoms with van der Waals surface area (Å²) < 4.78 is 19.6. The standard InChI is InChI=1S/C34H29FN2O3/c1-4-29(33(38)39)30(23-8-6-5-7-9-23)34(26-16-20-28(40-3)21-17-26)31(24-14-18-27(35)19-15-24)32(36-37-34)25-12-10-22(2)11-13-25/h5-21H,4H2,1-3H3,(H,38,39). The summed E-state index contributed by atoms with van der Waals surface area (Å²) in [5, 5.41) is 20.2. The zero-order chi connectivity index (χ0) is 28.3. The number of aliphatic carboxylic acids is 1. The second kappa shape index (κ2) is 11.1. The molecule has 0 bridgehead atoms. The molecule has 5 rings (SSSR count). The first-order valence-corrected chi connectivity index (χ1v) is 13.1. The summed E-state index contributed by atoms with van der Waals surface area (Å²) in [6.07, 6.45) is 0.254. The Labute approximate surface area is 233 Å². The van der Waals surface area contributed by atoms with E-state index < -0.39 is 11.5 Å². The van der Waals surface area contributed by atoms with E-state index >= 15 is 0 Å². The van der Waals surface area contributed by atoms with Crippen LogP contribution in [0.2, 0.25) is 0 Å². The first-order valence-electron chi connectivity index (χ1n) is 13.1. The van der Waals surface area contributed by atoms with E-state index in [-0.39, 0.29) is 17.8 Å². The second-order valence-corrected chi connectivity index (χ2v) is 9.61. The van der Waals surface area contributed by atoms with E-state index in [1.54, 1.807) is 19.2 Å². The third-order valence-electron chi connectivity index (χ3n) is 7.20. The quantitative estimate of drug-likeness (QED) is 0.232. The van der Waals surface area contributed by atoms with Crippen LogP contribution in [0, 0.1) is 12.7 Å². The van der Waals surface area contributed by atoms with Gasteiger partial charge in [-0.1, -0.05) is 91.3 Å². The number of carboxylic acid groups (broad SMARTS) is 1. The van der Waals surface area contributed by atoms with Crippen molar-refractivity contribution in [2.45, 2.75) is 25.8 Å². The predicted molar refractivity (Wildman–Crippen MR) is 155 cm³/mol. The fraction of sp³-hybridized carbons (Fsp3) is 0.147. The predicted octanol–water partition coefficient (Wildman–Crippen LogP) is 8.32. The van der Waals surface area contributed by atoms with E-state index in [1.165, 1.54) is 12.1 Å². The molecule has 4 aromatic rings. The molecule has 0 amide bonds. The van der Waals surface area contributed by atoms with Crippen LogP contribution in [0.25, 0.3) is 16.8 Å². The number of methoxy groups -OCH3 is 1. The van der Waals surface area contributed by atoms with E-state index in [4.69, 9.17) is 15.0 Å². The van der Waals surface area contributed by atoms with Crippen molar-refractivity contribution in [3.05, 3.63) is 142 Å². The molecule has 0 saturated carbocycles. The summed E-state index contributed by atoms with van der Waals surface area (Å²) >= 11 is 0. The third-order valence-corrected chi connectivity index (χ3v) is 7.20. The van der Waals surface area contributed by atoms with Crippen LogP contribution < -0.4 is 4.74 Å². The number of carboxylic acids is 1. The van der Waals surface area contributed by atoms with E-state index in [0.29, 0.717) is 39.3 Å². The zero-order valence-corrected chi connectivity index (χ0v) is 22.6. The van der Waals surface area contributed by atoms with Crippen molar-refractivity contribution < 1.29 is 19.0 Å². The van der Waals surface area contributed by atoms with Gasteiger partial charge in [-0.3, -0.25) is 0 Å². The first-order chi connectivity index (χ1) is 19.4. The van der Waals surface area contributed by atoms with Gasteiger partial charge in [0, 0.05) is 22.3 Å². The molecule has 1 aliphatic rings. The minimum absolute atomic E-state index is 0.214. The van der Waals surface area contributed by atoms with Gasteiger partial charge in [-0.2, -0.15) is 10.2 Å². The van der Waals surface area contributed by atoms with Gasteiger partial charge in [-0.05, 0) is 54.3 Å². The Hall–Kier alpha value is -4.84. The highest BCUT2D eigenvalue weighted by molar-refractivity contribution is 6.09. The van der Waals surface area contributed by atoms with E-state index in [9.17, 15) is 14.3 Å². The average Bonchev–Trinajstić information content (AvgIpc) is 3.37. The summed E-state index contributed by atoms with van der Waals surface area (Å²) in [6, 6.07) is 31.0. The number of benzene rings is 4. The lowest BCUT2D eigenvalue weighted by Crippen LogP contribution is -2.28. The average molecular weight is 533 g/mol. The molecule has 1 N–H and O–H groups in total. The summed E-state index contributed by atoms with van der Waals surface area (Å²) in [7, 11) is 1.59. The van der Waals surface area contributed by atoms with Crippen molar-refractivity contribution in [2.24, 2.45) is 10.2 Å². The number of carbonyl (C=O) groups is 1. The summed E-state index contributed by atoms with van der Waals surface area (Å²) in [5.74, 6) is -0.757. The van der Waals surface area contributed by atoms with E-state index in [1.807, 2.05) is 92.7 Å². The molecule has 0 saturated heterocycles. The van der Waals surface area contributed by atoms with Gasteiger partial charge in [0.05, 0.1) is 12.8 Å². The van der Waals surface area contributed by atoms with E-state index in [0.717, 1.165) is 11.1 Å². The molecule has 200 valence electrons. The van der Waals surface area contributed by atoms with Crippen LogP contribution >= 0.6 is 0 Å². The van der Waals surface area contributed by atoms with Gasteiger partial charge >= 0.3 is 5.97 Å². The van der Waals surface area contributed by atoms with Crippen LogP contribution in [0.1, 0.15) is 41.2 Å². The molecule has 0 fully saturated rings. The summed E-state index contributed by atoms with van der Waals surface area (Å²) in [4.78, 5) is 12.8. The van der Waals surface area contributed by atoms with Gasteiger partial charge in [-0.25, -0.2) is 9.18 Å². The number of hydrogen-bond donors (Lipinski definition) is 1. The maximum Gasteiger partial charge on any atom is 0.331 e. The summed E-state index contributed by atoms with van der Waals surface area (Å²) in [6.45, 7) is 3.83. The van der Waals surface area contributed by atoms with Gasteiger partial charge in [0.2, 0.25) is 0 Å². The van der Waals surface area contributed by atoms with Crippen molar-refractivity contribution >= 4 is 22.8 Å². The van der Waals surface area contributed by atoms with Crippen molar-refractivity contribution in [3.63, 3.8) is 0 Å². The third kappa shape index (κ3) is 4.73.